The zero-order valence-corrected chi connectivity index (χ0v) is 12.5. The molecule has 0 radical (unpaired) electrons. The van der Waals surface area contributed by atoms with Gasteiger partial charge in [0.15, 0.2) is 9.84 Å². The lowest BCUT2D eigenvalue weighted by Crippen LogP contribution is -2.35. The summed E-state index contributed by atoms with van der Waals surface area (Å²) in [7, 11) is -6.90. The topological polar surface area (TPSA) is 104 Å². The molecule has 1 N–H and O–H groups in total. The molecule has 6 nitrogen and oxygen atoms in total. The number of sulfonamides is 1. The van der Waals surface area contributed by atoms with Crippen LogP contribution in [0.1, 0.15) is 17.5 Å². The first-order valence-corrected chi connectivity index (χ1v) is 9.27. The van der Waals surface area contributed by atoms with E-state index in [2.05, 4.69) is 4.72 Å². The van der Waals surface area contributed by atoms with Crippen LogP contribution in [0.4, 0.5) is 0 Å². The number of aryl methyl sites for hydroxylation is 1. The molecule has 2 rings (SSSR count). The average Bonchev–Trinajstić information content (AvgIpc) is 2.67. The Balaban J connectivity index is 2.24. The van der Waals surface area contributed by atoms with Crippen molar-refractivity contribution in [3.63, 3.8) is 0 Å². The smallest absolute Gasteiger partial charge is 0.229 e. The highest BCUT2D eigenvalue weighted by atomic mass is 32.2. The van der Waals surface area contributed by atoms with Crippen molar-refractivity contribution in [3.8, 4) is 6.07 Å². The molecule has 20 heavy (non-hydrogen) atoms. The maximum atomic E-state index is 12.2. The van der Waals surface area contributed by atoms with Crippen molar-refractivity contribution in [1.29, 1.82) is 5.26 Å². The Kier molecular flexibility index (Phi) is 3.86. The third kappa shape index (κ3) is 3.17. The molecule has 1 aliphatic heterocycles. The van der Waals surface area contributed by atoms with E-state index in [1.165, 1.54) is 18.2 Å². The van der Waals surface area contributed by atoms with Crippen LogP contribution in [0.2, 0.25) is 0 Å². The zero-order chi connectivity index (χ0) is 15.0. The van der Waals surface area contributed by atoms with Crippen LogP contribution in [0.3, 0.4) is 0 Å². The van der Waals surface area contributed by atoms with Gasteiger partial charge in [0.2, 0.25) is 10.0 Å². The highest BCUT2D eigenvalue weighted by molar-refractivity contribution is 7.92. The molecule has 0 saturated carbocycles. The van der Waals surface area contributed by atoms with Gasteiger partial charge in [0.1, 0.15) is 0 Å². The first-order valence-electron chi connectivity index (χ1n) is 5.97. The van der Waals surface area contributed by atoms with E-state index in [0.717, 1.165) is 0 Å². The van der Waals surface area contributed by atoms with E-state index in [0.29, 0.717) is 11.1 Å². The van der Waals surface area contributed by atoms with Crippen molar-refractivity contribution >= 4 is 19.9 Å². The van der Waals surface area contributed by atoms with Gasteiger partial charge in [-0.3, -0.25) is 0 Å². The van der Waals surface area contributed by atoms with Crippen LogP contribution in [0.25, 0.3) is 0 Å². The van der Waals surface area contributed by atoms with Crippen molar-refractivity contribution in [2.75, 3.05) is 11.5 Å². The zero-order valence-electron chi connectivity index (χ0n) is 10.8. The first kappa shape index (κ1) is 15.0. The first-order chi connectivity index (χ1) is 9.23. The maximum Gasteiger partial charge on any atom is 0.240 e. The summed E-state index contributed by atoms with van der Waals surface area (Å²) >= 11 is 0. The molecule has 1 aromatic carbocycles. The number of benzene rings is 1. The van der Waals surface area contributed by atoms with Gasteiger partial charge in [-0.25, -0.2) is 21.6 Å². The second kappa shape index (κ2) is 5.16. The molecule has 1 saturated heterocycles. The predicted octanol–water partition coefficient (Wildman–Crippen LogP) is 0.332. The largest absolute Gasteiger partial charge is 0.240 e. The van der Waals surface area contributed by atoms with E-state index in [1.807, 2.05) is 6.07 Å². The fraction of sp³-hybridized carbons (Fsp3) is 0.417. The molecule has 1 aromatic rings. The molecule has 1 fully saturated rings. The summed E-state index contributed by atoms with van der Waals surface area (Å²) in [6, 6.07) is 5.57. The van der Waals surface area contributed by atoms with Crippen LogP contribution in [0.5, 0.6) is 0 Å². The van der Waals surface area contributed by atoms with E-state index in [9.17, 15) is 16.8 Å². The predicted molar refractivity (Wildman–Crippen MR) is 73.3 cm³/mol. The van der Waals surface area contributed by atoms with Crippen molar-refractivity contribution in [1.82, 2.24) is 4.72 Å². The minimum atomic E-state index is -3.77. The Bertz CT molecular complexity index is 776. The quantitative estimate of drug-likeness (QED) is 0.866. The maximum absolute atomic E-state index is 12.2. The number of rotatable bonds is 3. The van der Waals surface area contributed by atoms with Gasteiger partial charge >= 0.3 is 0 Å². The molecular weight excluding hydrogens is 300 g/mol. The van der Waals surface area contributed by atoms with Crippen molar-refractivity contribution in [3.05, 3.63) is 29.3 Å². The third-order valence-corrected chi connectivity index (χ3v) is 6.47. The Morgan fingerprint density at radius 1 is 1.40 bits per heavy atom. The Labute approximate surface area is 118 Å². The van der Waals surface area contributed by atoms with Crippen molar-refractivity contribution < 1.29 is 16.8 Å². The number of hydrogen-bond donors (Lipinski definition) is 1. The number of nitriles is 1. The van der Waals surface area contributed by atoms with Gasteiger partial charge in [0.25, 0.3) is 0 Å². The molecule has 1 aliphatic rings. The Hall–Kier alpha value is -1.43. The molecule has 0 aliphatic carbocycles. The van der Waals surface area contributed by atoms with Crippen molar-refractivity contribution in [2.24, 2.45) is 0 Å². The fourth-order valence-electron chi connectivity index (χ4n) is 2.10. The summed E-state index contributed by atoms with van der Waals surface area (Å²) in [6.45, 7) is 1.65. The molecule has 1 heterocycles. The molecule has 108 valence electrons. The minimum Gasteiger partial charge on any atom is -0.229 e. The fourth-order valence-corrected chi connectivity index (χ4v) is 5.24. The van der Waals surface area contributed by atoms with Crippen LogP contribution in [0.15, 0.2) is 23.1 Å². The van der Waals surface area contributed by atoms with E-state index >= 15 is 0 Å². The van der Waals surface area contributed by atoms with Gasteiger partial charge < -0.3 is 0 Å². The van der Waals surface area contributed by atoms with Crippen LogP contribution in [-0.4, -0.2) is 34.4 Å². The standard InChI is InChI=1S/C12H14N2O4S2/c1-9-6-12(3-2-10(9)7-13)20(17,18)14-11-4-5-19(15,16)8-11/h2-3,6,11,14H,4-5,8H2,1H3. The molecule has 8 heteroatoms. The lowest BCUT2D eigenvalue weighted by molar-refractivity contribution is 0.562. The monoisotopic (exact) mass is 314 g/mol. The van der Waals surface area contributed by atoms with Gasteiger partial charge in [-0.1, -0.05) is 0 Å². The van der Waals surface area contributed by atoms with E-state index in [4.69, 9.17) is 5.26 Å². The highest BCUT2D eigenvalue weighted by Gasteiger charge is 2.31. The average molecular weight is 314 g/mol. The lowest BCUT2D eigenvalue weighted by atomic mass is 10.1. The molecular formula is C12H14N2O4S2. The van der Waals surface area contributed by atoms with Crippen LogP contribution >= 0.6 is 0 Å². The van der Waals surface area contributed by atoms with Gasteiger partial charge in [-0.2, -0.15) is 5.26 Å². The molecule has 0 bridgehead atoms. The van der Waals surface area contributed by atoms with E-state index in [1.54, 1.807) is 6.92 Å². The van der Waals surface area contributed by atoms with Crippen LogP contribution in [-0.2, 0) is 19.9 Å². The summed E-state index contributed by atoms with van der Waals surface area (Å²) in [5, 5.41) is 8.82. The number of hydrogen-bond acceptors (Lipinski definition) is 5. The molecule has 0 amide bonds. The van der Waals surface area contributed by atoms with Crippen LogP contribution in [0, 0.1) is 18.3 Å². The molecule has 0 aromatic heterocycles. The SMILES string of the molecule is Cc1cc(S(=O)(=O)NC2CCS(=O)(=O)C2)ccc1C#N. The summed E-state index contributed by atoms with van der Waals surface area (Å²) in [5.41, 5.74) is 0.974. The molecule has 1 unspecified atom stereocenters. The van der Waals surface area contributed by atoms with Gasteiger partial charge in [-0.15, -0.1) is 0 Å². The Morgan fingerprint density at radius 2 is 2.10 bits per heavy atom. The number of sulfone groups is 1. The van der Waals surface area contributed by atoms with E-state index < -0.39 is 25.9 Å². The summed E-state index contributed by atoms with van der Waals surface area (Å²) in [4.78, 5) is 0.0401. The normalized spacial score (nSPS) is 21.5. The van der Waals surface area contributed by atoms with Crippen LogP contribution < -0.4 is 4.72 Å². The summed E-state index contributed by atoms with van der Waals surface area (Å²) in [6.07, 6.45) is 0.289. The molecule has 0 spiro atoms. The Morgan fingerprint density at radius 3 is 2.60 bits per heavy atom. The number of nitrogens with one attached hydrogen (secondary N) is 1. The van der Waals surface area contributed by atoms with E-state index in [-0.39, 0.29) is 22.8 Å². The van der Waals surface area contributed by atoms with Crippen molar-refractivity contribution in [2.45, 2.75) is 24.3 Å². The minimum absolute atomic E-state index is 0.00653. The lowest BCUT2D eigenvalue weighted by Gasteiger charge is -2.12. The summed E-state index contributed by atoms with van der Waals surface area (Å²) < 4.78 is 49.4. The van der Waals surface area contributed by atoms with Gasteiger partial charge in [0.05, 0.1) is 28.0 Å². The van der Waals surface area contributed by atoms with Gasteiger partial charge in [0, 0.05) is 6.04 Å². The molecule has 1 atom stereocenters. The summed E-state index contributed by atoms with van der Waals surface area (Å²) in [5.74, 6) is -0.159. The second-order valence-electron chi connectivity index (χ2n) is 4.81. The number of nitrogens with zero attached hydrogens (tertiary/aromatic N) is 1. The highest BCUT2D eigenvalue weighted by Crippen LogP contribution is 2.18. The third-order valence-electron chi connectivity index (χ3n) is 3.18. The van der Waals surface area contributed by atoms with Gasteiger partial charge in [-0.05, 0) is 37.1 Å². The second-order valence-corrected chi connectivity index (χ2v) is 8.75.